The number of nitrogens with one attached hydrogen (secondary N) is 2. The van der Waals surface area contributed by atoms with Crippen LogP contribution in [0.4, 0.5) is 5.82 Å². The van der Waals surface area contributed by atoms with E-state index >= 15 is 0 Å². The molecule has 6 heteroatoms. The van der Waals surface area contributed by atoms with Crippen LogP contribution in [0.25, 0.3) is 0 Å². The van der Waals surface area contributed by atoms with E-state index in [1.165, 1.54) is 18.3 Å². The van der Waals surface area contributed by atoms with Crippen molar-refractivity contribution in [1.82, 2.24) is 9.71 Å². The van der Waals surface area contributed by atoms with E-state index in [0.29, 0.717) is 11.7 Å². The van der Waals surface area contributed by atoms with E-state index in [1.54, 1.807) is 7.05 Å². The van der Waals surface area contributed by atoms with Gasteiger partial charge in [-0.2, -0.15) is 0 Å². The standard InChI is InChI=1S/C14H25N3O2S/c1-11(2)6-5-7-12(3)17-20(18,19)13-8-9-16-14(10-13)15-4/h8-12,17H,5-7H2,1-4H3,(H,15,16). The minimum Gasteiger partial charge on any atom is -0.373 e. The van der Waals surface area contributed by atoms with Crippen molar-refractivity contribution in [3.8, 4) is 0 Å². The summed E-state index contributed by atoms with van der Waals surface area (Å²) in [6, 6.07) is 2.97. The summed E-state index contributed by atoms with van der Waals surface area (Å²) in [6.07, 6.45) is 4.48. The van der Waals surface area contributed by atoms with Crippen LogP contribution in [0.2, 0.25) is 0 Å². The number of rotatable bonds is 8. The summed E-state index contributed by atoms with van der Waals surface area (Å²) in [5.41, 5.74) is 0. The fourth-order valence-corrected chi connectivity index (χ4v) is 3.23. The SMILES string of the molecule is CNc1cc(S(=O)(=O)NC(C)CCCC(C)C)ccn1. The molecule has 0 amide bonds. The lowest BCUT2D eigenvalue weighted by atomic mass is 10.0. The molecular weight excluding hydrogens is 274 g/mol. The number of hydrogen-bond donors (Lipinski definition) is 2. The van der Waals surface area contributed by atoms with Crippen LogP contribution in [0.3, 0.4) is 0 Å². The number of sulfonamides is 1. The van der Waals surface area contributed by atoms with Gasteiger partial charge < -0.3 is 5.32 Å². The summed E-state index contributed by atoms with van der Waals surface area (Å²) in [5.74, 6) is 1.19. The molecule has 20 heavy (non-hydrogen) atoms. The Labute approximate surface area is 122 Å². The lowest BCUT2D eigenvalue weighted by Crippen LogP contribution is -2.32. The van der Waals surface area contributed by atoms with Crippen molar-refractivity contribution in [2.24, 2.45) is 5.92 Å². The topological polar surface area (TPSA) is 71.1 Å². The molecule has 1 aromatic heterocycles. The quantitative estimate of drug-likeness (QED) is 0.774. The van der Waals surface area contributed by atoms with Gasteiger partial charge in [0.15, 0.2) is 0 Å². The second kappa shape index (κ2) is 7.59. The van der Waals surface area contributed by atoms with Gasteiger partial charge in [0.05, 0.1) is 4.90 Å². The van der Waals surface area contributed by atoms with Gasteiger partial charge in [-0.1, -0.05) is 26.7 Å². The summed E-state index contributed by atoms with van der Waals surface area (Å²) < 4.78 is 27.2. The number of anilines is 1. The molecule has 1 atom stereocenters. The van der Waals surface area contributed by atoms with Crippen molar-refractivity contribution in [2.75, 3.05) is 12.4 Å². The number of aromatic nitrogens is 1. The highest BCUT2D eigenvalue weighted by molar-refractivity contribution is 7.89. The predicted molar refractivity (Wildman–Crippen MR) is 82.3 cm³/mol. The van der Waals surface area contributed by atoms with E-state index in [0.717, 1.165) is 19.3 Å². The summed E-state index contributed by atoms with van der Waals surface area (Å²) in [6.45, 7) is 6.24. The highest BCUT2D eigenvalue weighted by atomic mass is 32.2. The van der Waals surface area contributed by atoms with E-state index in [4.69, 9.17) is 0 Å². The van der Waals surface area contributed by atoms with Gasteiger partial charge in [0.1, 0.15) is 5.82 Å². The largest absolute Gasteiger partial charge is 0.373 e. The normalized spacial score (nSPS) is 13.4. The number of pyridine rings is 1. The smallest absolute Gasteiger partial charge is 0.240 e. The Morgan fingerprint density at radius 1 is 1.25 bits per heavy atom. The highest BCUT2D eigenvalue weighted by Crippen LogP contribution is 2.14. The van der Waals surface area contributed by atoms with Gasteiger partial charge in [-0.05, 0) is 25.3 Å². The zero-order valence-corrected chi connectivity index (χ0v) is 13.5. The Hall–Kier alpha value is -1.14. The van der Waals surface area contributed by atoms with Crippen LogP contribution in [-0.2, 0) is 10.0 Å². The molecule has 0 aliphatic heterocycles. The monoisotopic (exact) mass is 299 g/mol. The van der Waals surface area contributed by atoms with Crippen molar-refractivity contribution in [1.29, 1.82) is 0 Å². The first-order valence-corrected chi connectivity index (χ1v) is 8.49. The second-order valence-corrected chi connectivity index (χ2v) is 7.19. The van der Waals surface area contributed by atoms with Gasteiger partial charge >= 0.3 is 0 Å². The second-order valence-electron chi connectivity index (χ2n) is 5.47. The van der Waals surface area contributed by atoms with Gasteiger partial charge in [-0.15, -0.1) is 0 Å². The van der Waals surface area contributed by atoms with Crippen LogP contribution in [0.1, 0.15) is 40.0 Å². The molecule has 0 radical (unpaired) electrons. The molecule has 1 heterocycles. The molecule has 0 aromatic carbocycles. The Morgan fingerprint density at radius 3 is 2.55 bits per heavy atom. The number of nitrogens with zero attached hydrogens (tertiary/aromatic N) is 1. The maximum absolute atomic E-state index is 12.2. The van der Waals surface area contributed by atoms with Gasteiger partial charge in [0.2, 0.25) is 10.0 Å². The first-order valence-electron chi connectivity index (χ1n) is 7.01. The minimum absolute atomic E-state index is 0.0649. The van der Waals surface area contributed by atoms with E-state index < -0.39 is 10.0 Å². The molecule has 1 rings (SSSR count). The summed E-state index contributed by atoms with van der Waals surface area (Å²) in [7, 11) is -1.76. The molecule has 0 saturated heterocycles. The summed E-state index contributed by atoms with van der Waals surface area (Å²) in [5, 5.41) is 2.84. The van der Waals surface area contributed by atoms with E-state index in [1.807, 2.05) is 6.92 Å². The van der Waals surface area contributed by atoms with Crippen molar-refractivity contribution in [2.45, 2.75) is 51.0 Å². The van der Waals surface area contributed by atoms with Gasteiger partial charge in [-0.25, -0.2) is 18.1 Å². The van der Waals surface area contributed by atoms with Crippen LogP contribution < -0.4 is 10.0 Å². The molecule has 114 valence electrons. The Morgan fingerprint density at radius 2 is 1.95 bits per heavy atom. The Kier molecular flexibility index (Phi) is 6.42. The Balaban J connectivity index is 2.64. The Bertz CT molecular complexity index is 515. The molecule has 5 nitrogen and oxygen atoms in total. The van der Waals surface area contributed by atoms with Crippen LogP contribution in [0, 0.1) is 5.92 Å². The molecule has 0 fully saturated rings. The van der Waals surface area contributed by atoms with Crippen molar-refractivity contribution in [3.63, 3.8) is 0 Å². The molecule has 0 aliphatic carbocycles. The molecule has 0 saturated carbocycles. The molecule has 1 unspecified atom stereocenters. The van der Waals surface area contributed by atoms with Crippen molar-refractivity contribution >= 4 is 15.8 Å². The zero-order chi connectivity index (χ0) is 15.2. The summed E-state index contributed by atoms with van der Waals surface area (Å²) >= 11 is 0. The van der Waals surface area contributed by atoms with Crippen molar-refractivity contribution in [3.05, 3.63) is 18.3 Å². The van der Waals surface area contributed by atoms with Gasteiger partial charge in [0, 0.05) is 25.4 Å². The predicted octanol–water partition coefficient (Wildman–Crippen LogP) is 2.62. The lowest BCUT2D eigenvalue weighted by Gasteiger charge is -2.15. The fourth-order valence-electron chi connectivity index (χ4n) is 1.94. The van der Waals surface area contributed by atoms with Gasteiger partial charge in [-0.3, -0.25) is 0 Å². The third kappa shape index (κ3) is 5.46. The first kappa shape index (κ1) is 16.9. The van der Waals surface area contributed by atoms with E-state index in [2.05, 4.69) is 28.9 Å². The van der Waals surface area contributed by atoms with Gasteiger partial charge in [0.25, 0.3) is 0 Å². The molecule has 2 N–H and O–H groups in total. The fraction of sp³-hybridized carbons (Fsp3) is 0.643. The van der Waals surface area contributed by atoms with Crippen LogP contribution >= 0.6 is 0 Å². The summed E-state index contributed by atoms with van der Waals surface area (Å²) in [4.78, 5) is 4.26. The van der Waals surface area contributed by atoms with Crippen molar-refractivity contribution < 1.29 is 8.42 Å². The van der Waals surface area contributed by atoms with E-state index in [9.17, 15) is 8.42 Å². The van der Waals surface area contributed by atoms with Crippen LogP contribution in [-0.4, -0.2) is 26.5 Å². The molecule has 0 aliphatic rings. The lowest BCUT2D eigenvalue weighted by molar-refractivity contribution is 0.488. The average Bonchev–Trinajstić information content (AvgIpc) is 2.37. The molecule has 0 spiro atoms. The maximum Gasteiger partial charge on any atom is 0.240 e. The third-order valence-electron chi connectivity index (χ3n) is 3.07. The van der Waals surface area contributed by atoms with Crippen LogP contribution in [0.15, 0.2) is 23.2 Å². The first-order chi connectivity index (χ1) is 9.35. The molecule has 0 bridgehead atoms. The van der Waals surface area contributed by atoms with Crippen LogP contribution in [0.5, 0.6) is 0 Å². The zero-order valence-electron chi connectivity index (χ0n) is 12.7. The highest BCUT2D eigenvalue weighted by Gasteiger charge is 2.17. The minimum atomic E-state index is -3.47. The maximum atomic E-state index is 12.2. The average molecular weight is 299 g/mol. The molecular formula is C14H25N3O2S. The number of hydrogen-bond acceptors (Lipinski definition) is 4. The van der Waals surface area contributed by atoms with E-state index in [-0.39, 0.29) is 10.9 Å². The molecule has 1 aromatic rings. The third-order valence-corrected chi connectivity index (χ3v) is 4.66.